The largest absolute Gasteiger partial charge is 0.358 e. The van der Waals surface area contributed by atoms with Crippen LogP contribution < -0.4 is 0 Å². The molecule has 0 aromatic heterocycles. The highest BCUT2D eigenvalue weighted by molar-refractivity contribution is 5.23. The third-order valence-corrected chi connectivity index (χ3v) is 8.45. The molecule has 0 spiro atoms. The van der Waals surface area contributed by atoms with Crippen molar-refractivity contribution >= 4 is 0 Å². The van der Waals surface area contributed by atoms with Crippen molar-refractivity contribution < 1.29 is 26.7 Å². The molecule has 3 aliphatic carbocycles. The van der Waals surface area contributed by atoms with Gasteiger partial charge in [0.1, 0.15) is 0 Å². The molecule has 0 N–H and O–H groups in total. The highest BCUT2D eigenvalue weighted by atomic mass is 19.3. The molecule has 0 bridgehead atoms. The molecule has 2 fully saturated rings. The zero-order chi connectivity index (χ0) is 24.3. The Hall–Kier alpha value is -1.43. The van der Waals surface area contributed by atoms with Gasteiger partial charge in [-0.15, -0.1) is 0 Å². The first-order valence-corrected chi connectivity index (χ1v) is 13.2. The molecule has 3 aliphatic rings. The quantitative estimate of drug-likeness (QED) is 0.213. The van der Waals surface area contributed by atoms with Crippen LogP contribution >= 0.6 is 0 Å². The van der Waals surface area contributed by atoms with E-state index in [1.165, 1.54) is 24.8 Å². The first-order valence-electron chi connectivity index (χ1n) is 13.2. The summed E-state index contributed by atoms with van der Waals surface area (Å²) >= 11 is 0. The molecular formula is C28H37F5O. The predicted octanol–water partition coefficient (Wildman–Crippen LogP) is 9.07. The highest BCUT2D eigenvalue weighted by Crippen LogP contribution is 2.45. The first kappa shape index (κ1) is 25.7. The van der Waals surface area contributed by atoms with E-state index in [1.54, 1.807) is 0 Å². The zero-order valence-electron chi connectivity index (χ0n) is 20.1. The van der Waals surface area contributed by atoms with Crippen LogP contribution in [-0.2, 0) is 4.74 Å². The van der Waals surface area contributed by atoms with Gasteiger partial charge in [0.25, 0.3) is 0 Å². The molecule has 0 amide bonds. The van der Waals surface area contributed by atoms with E-state index in [4.69, 9.17) is 4.74 Å². The minimum absolute atomic E-state index is 0.172. The van der Waals surface area contributed by atoms with Crippen molar-refractivity contribution in [1.82, 2.24) is 0 Å². The fourth-order valence-electron chi connectivity index (χ4n) is 6.39. The molecule has 0 radical (unpaired) electrons. The maximum Gasteiger partial charge on any atom is 0.358 e. The Morgan fingerprint density at radius 3 is 2.03 bits per heavy atom. The van der Waals surface area contributed by atoms with Crippen LogP contribution in [0.2, 0.25) is 0 Å². The summed E-state index contributed by atoms with van der Waals surface area (Å²) in [7, 11) is 0. The fraction of sp³-hybridized carbons (Fsp3) is 0.714. The number of halogens is 5. The lowest BCUT2D eigenvalue weighted by molar-refractivity contribution is -0.301. The lowest BCUT2D eigenvalue weighted by atomic mass is 9.73. The van der Waals surface area contributed by atoms with Gasteiger partial charge >= 0.3 is 6.11 Å². The second kappa shape index (κ2) is 11.1. The molecule has 1 aromatic carbocycles. The van der Waals surface area contributed by atoms with E-state index in [1.807, 2.05) is 0 Å². The summed E-state index contributed by atoms with van der Waals surface area (Å²) in [4.78, 5) is 0. The second-order valence-corrected chi connectivity index (χ2v) is 10.7. The minimum atomic E-state index is -3.15. The van der Waals surface area contributed by atoms with Crippen LogP contribution in [0.3, 0.4) is 0 Å². The summed E-state index contributed by atoms with van der Waals surface area (Å²) < 4.78 is 75.6. The molecule has 0 aliphatic heterocycles. The smallest absolute Gasteiger partial charge is 0.317 e. The third-order valence-electron chi connectivity index (χ3n) is 8.45. The maximum absolute atomic E-state index is 15.0. The van der Waals surface area contributed by atoms with E-state index in [0.717, 1.165) is 43.7 Å². The molecule has 1 unspecified atom stereocenters. The average molecular weight is 485 g/mol. The Balaban J connectivity index is 1.24. The molecule has 0 heterocycles. The lowest BCUT2D eigenvalue weighted by Crippen LogP contribution is -2.39. The molecule has 190 valence electrons. The first-order chi connectivity index (χ1) is 16.3. The Bertz CT molecular complexity index is 827. The van der Waals surface area contributed by atoms with Crippen molar-refractivity contribution in [3.63, 3.8) is 0 Å². The topological polar surface area (TPSA) is 9.23 Å². The molecular weight excluding hydrogens is 447 g/mol. The van der Waals surface area contributed by atoms with Crippen molar-refractivity contribution in [2.45, 2.75) is 109 Å². The number of rotatable bonds is 7. The van der Waals surface area contributed by atoms with E-state index < -0.39 is 35.6 Å². The van der Waals surface area contributed by atoms with Gasteiger partial charge in [0.15, 0.2) is 17.5 Å². The van der Waals surface area contributed by atoms with Crippen LogP contribution in [0, 0.1) is 35.2 Å². The van der Waals surface area contributed by atoms with Crippen LogP contribution in [0.1, 0.15) is 102 Å². The van der Waals surface area contributed by atoms with Gasteiger partial charge in [0, 0.05) is 0 Å². The SMILES string of the molecule is CCCC1CC=C(C2CCC(C(F)(F)OC3CCC(c4cc(F)c(F)c(F)c4)CC3)CC2)CC1. The molecule has 2 saturated carbocycles. The summed E-state index contributed by atoms with van der Waals surface area (Å²) in [6.45, 7) is 2.22. The Kier molecular flexibility index (Phi) is 8.37. The number of allylic oxidation sites excluding steroid dienone is 2. The summed E-state index contributed by atoms with van der Waals surface area (Å²) in [5.74, 6) is -3.58. The standard InChI is InChI=1S/C28H37F5O/c1-2-3-18-4-6-19(7-5-18)20-8-12-23(13-9-20)28(32,33)34-24-14-10-21(11-15-24)22-16-25(29)27(31)26(30)17-22/h6,16-18,20-21,23-24H,2-5,7-15H2,1H3. The van der Waals surface area contributed by atoms with E-state index >= 15 is 0 Å². The van der Waals surface area contributed by atoms with Crippen LogP contribution in [0.5, 0.6) is 0 Å². The number of hydrogen-bond acceptors (Lipinski definition) is 1. The van der Waals surface area contributed by atoms with Gasteiger partial charge in [-0.2, -0.15) is 8.78 Å². The van der Waals surface area contributed by atoms with Crippen LogP contribution in [0.25, 0.3) is 0 Å². The van der Waals surface area contributed by atoms with Gasteiger partial charge in [-0.3, -0.25) is 0 Å². The summed E-state index contributed by atoms with van der Waals surface area (Å²) in [5.41, 5.74) is 1.87. The monoisotopic (exact) mass is 484 g/mol. The van der Waals surface area contributed by atoms with Crippen molar-refractivity contribution in [3.05, 3.63) is 46.8 Å². The van der Waals surface area contributed by atoms with Crippen LogP contribution in [-0.4, -0.2) is 12.2 Å². The molecule has 6 heteroatoms. The highest BCUT2D eigenvalue weighted by Gasteiger charge is 2.45. The van der Waals surface area contributed by atoms with E-state index in [-0.39, 0.29) is 5.92 Å². The van der Waals surface area contributed by atoms with Gasteiger partial charge in [0.2, 0.25) is 0 Å². The maximum atomic E-state index is 15.0. The van der Waals surface area contributed by atoms with E-state index in [0.29, 0.717) is 50.0 Å². The molecule has 1 atom stereocenters. The van der Waals surface area contributed by atoms with Gasteiger partial charge in [-0.05, 0) is 106 Å². The molecule has 1 nitrogen and oxygen atoms in total. The molecule has 0 saturated heterocycles. The van der Waals surface area contributed by atoms with Gasteiger partial charge in [-0.1, -0.05) is 31.4 Å². The Morgan fingerprint density at radius 1 is 0.853 bits per heavy atom. The van der Waals surface area contributed by atoms with Crippen LogP contribution in [0.15, 0.2) is 23.8 Å². The van der Waals surface area contributed by atoms with Crippen molar-refractivity contribution in [3.8, 4) is 0 Å². The Morgan fingerprint density at radius 2 is 1.47 bits per heavy atom. The molecule has 1 aromatic rings. The summed E-state index contributed by atoms with van der Waals surface area (Å²) in [5, 5.41) is 0. The number of alkyl halides is 2. The molecule has 34 heavy (non-hydrogen) atoms. The Labute approximate surface area is 200 Å². The zero-order valence-corrected chi connectivity index (χ0v) is 20.1. The predicted molar refractivity (Wildman–Crippen MR) is 123 cm³/mol. The van der Waals surface area contributed by atoms with Crippen LogP contribution in [0.4, 0.5) is 22.0 Å². The van der Waals surface area contributed by atoms with Gasteiger partial charge in [-0.25, -0.2) is 13.2 Å². The fourth-order valence-corrected chi connectivity index (χ4v) is 6.39. The van der Waals surface area contributed by atoms with Gasteiger partial charge < -0.3 is 4.74 Å². The summed E-state index contributed by atoms with van der Waals surface area (Å²) in [6.07, 6.45) is 9.05. The van der Waals surface area contributed by atoms with E-state index in [2.05, 4.69) is 13.0 Å². The van der Waals surface area contributed by atoms with E-state index in [9.17, 15) is 22.0 Å². The summed E-state index contributed by atoms with van der Waals surface area (Å²) in [6, 6.07) is 2.03. The van der Waals surface area contributed by atoms with Crippen molar-refractivity contribution in [2.75, 3.05) is 0 Å². The van der Waals surface area contributed by atoms with Crippen molar-refractivity contribution in [2.24, 2.45) is 17.8 Å². The normalized spacial score (nSPS) is 30.8. The second-order valence-electron chi connectivity index (χ2n) is 10.7. The average Bonchev–Trinajstić information content (AvgIpc) is 2.83. The number of hydrogen-bond donors (Lipinski definition) is 0. The number of ether oxygens (including phenoxy) is 1. The third kappa shape index (κ3) is 6.03. The van der Waals surface area contributed by atoms with Gasteiger partial charge in [0.05, 0.1) is 12.0 Å². The molecule has 4 rings (SSSR count). The minimum Gasteiger partial charge on any atom is -0.317 e. The van der Waals surface area contributed by atoms with Crippen molar-refractivity contribution in [1.29, 1.82) is 0 Å². The lowest BCUT2D eigenvalue weighted by Gasteiger charge is -2.38. The number of benzene rings is 1.